The van der Waals surface area contributed by atoms with E-state index in [1.54, 1.807) is 0 Å². The van der Waals surface area contributed by atoms with Crippen LogP contribution in [-0.2, 0) is 11.2 Å². The molecule has 0 unspecified atom stereocenters. The molecule has 1 N–H and O–H groups in total. The van der Waals surface area contributed by atoms with Crippen LogP contribution in [0.5, 0.6) is 11.5 Å². The lowest BCUT2D eigenvalue weighted by Gasteiger charge is -2.18. The van der Waals surface area contributed by atoms with Crippen LogP contribution in [0.4, 0.5) is 13.9 Å². The van der Waals surface area contributed by atoms with Crippen LogP contribution in [0.15, 0.2) is 41.8 Å². The van der Waals surface area contributed by atoms with Crippen molar-refractivity contribution in [2.75, 3.05) is 18.5 Å². The molecule has 0 bridgehead atoms. The van der Waals surface area contributed by atoms with E-state index in [1.165, 1.54) is 11.3 Å². The monoisotopic (exact) mass is 402 g/mol. The van der Waals surface area contributed by atoms with E-state index in [1.807, 2.05) is 23.6 Å². The van der Waals surface area contributed by atoms with Crippen molar-refractivity contribution >= 4 is 22.4 Å². The van der Waals surface area contributed by atoms with Crippen LogP contribution in [0.2, 0.25) is 0 Å². The van der Waals surface area contributed by atoms with E-state index in [4.69, 9.17) is 9.47 Å². The molecule has 0 fully saturated rings. The Morgan fingerprint density at radius 2 is 1.93 bits per heavy atom. The molecular weight excluding hydrogens is 386 g/mol. The summed E-state index contributed by atoms with van der Waals surface area (Å²) in [5, 5.41) is 4.96. The van der Waals surface area contributed by atoms with Crippen molar-refractivity contribution in [3.8, 4) is 22.8 Å². The number of carbonyl (C=O) groups is 1. The molecule has 1 aromatic heterocycles. The number of nitrogens with one attached hydrogen (secondary N) is 1. The summed E-state index contributed by atoms with van der Waals surface area (Å²) in [6, 6.07) is 8.76. The molecule has 144 valence electrons. The van der Waals surface area contributed by atoms with E-state index in [2.05, 4.69) is 10.3 Å². The Labute approximate surface area is 163 Å². The number of hydrogen-bond acceptors (Lipinski definition) is 5. The van der Waals surface area contributed by atoms with E-state index >= 15 is 0 Å². The number of benzene rings is 2. The average Bonchev–Trinajstić information content (AvgIpc) is 3.16. The molecule has 0 saturated heterocycles. The highest BCUT2D eigenvalue weighted by atomic mass is 32.1. The zero-order valence-electron chi connectivity index (χ0n) is 14.7. The lowest BCUT2D eigenvalue weighted by atomic mass is 10.1. The van der Waals surface area contributed by atoms with E-state index < -0.39 is 11.6 Å². The van der Waals surface area contributed by atoms with Gasteiger partial charge in [-0.3, -0.25) is 4.79 Å². The third kappa shape index (κ3) is 4.12. The number of fused-ring (bicyclic) bond motifs is 1. The zero-order chi connectivity index (χ0) is 19.5. The second kappa shape index (κ2) is 7.93. The minimum Gasteiger partial charge on any atom is -0.486 e. The van der Waals surface area contributed by atoms with Gasteiger partial charge in [0.15, 0.2) is 16.6 Å². The summed E-state index contributed by atoms with van der Waals surface area (Å²) in [5.41, 5.74) is 1.72. The molecule has 5 nitrogen and oxygen atoms in total. The van der Waals surface area contributed by atoms with Gasteiger partial charge in [0.1, 0.15) is 24.8 Å². The second-order valence-electron chi connectivity index (χ2n) is 6.18. The quantitative estimate of drug-likeness (QED) is 0.686. The number of rotatable bonds is 5. The van der Waals surface area contributed by atoms with Crippen LogP contribution in [0, 0.1) is 11.6 Å². The molecule has 0 radical (unpaired) electrons. The van der Waals surface area contributed by atoms with Crippen molar-refractivity contribution < 1.29 is 23.0 Å². The Kier molecular flexibility index (Phi) is 5.21. The number of thiazole rings is 1. The van der Waals surface area contributed by atoms with Crippen LogP contribution in [-0.4, -0.2) is 24.1 Å². The van der Waals surface area contributed by atoms with Crippen LogP contribution in [0.25, 0.3) is 11.3 Å². The fourth-order valence-corrected chi connectivity index (χ4v) is 3.57. The summed E-state index contributed by atoms with van der Waals surface area (Å²) < 4.78 is 37.9. The van der Waals surface area contributed by atoms with Crippen molar-refractivity contribution in [3.63, 3.8) is 0 Å². The lowest BCUT2D eigenvalue weighted by Crippen LogP contribution is -2.15. The Balaban J connectivity index is 1.39. The Morgan fingerprint density at radius 1 is 1.11 bits per heavy atom. The largest absolute Gasteiger partial charge is 0.486 e. The maximum atomic E-state index is 13.6. The lowest BCUT2D eigenvalue weighted by molar-refractivity contribution is -0.116. The van der Waals surface area contributed by atoms with Crippen molar-refractivity contribution in [1.82, 2.24) is 4.98 Å². The molecule has 0 spiro atoms. The number of nitrogens with zero attached hydrogens (tertiary/aromatic N) is 1. The minimum atomic E-state index is -0.527. The number of anilines is 1. The van der Waals surface area contributed by atoms with Gasteiger partial charge in [-0.15, -0.1) is 11.3 Å². The van der Waals surface area contributed by atoms with Gasteiger partial charge in [-0.25, -0.2) is 13.8 Å². The number of carbonyl (C=O) groups excluding carboxylic acids is 1. The number of amides is 1. The Morgan fingerprint density at radius 3 is 2.79 bits per heavy atom. The highest BCUT2D eigenvalue weighted by Crippen LogP contribution is 2.35. The maximum absolute atomic E-state index is 13.6. The Bertz CT molecular complexity index is 1020. The normalized spacial score (nSPS) is 12.6. The van der Waals surface area contributed by atoms with Gasteiger partial charge in [-0.2, -0.15) is 0 Å². The third-order valence-corrected chi connectivity index (χ3v) is 4.98. The van der Waals surface area contributed by atoms with Gasteiger partial charge < -0.3 is 14.8 Å². The third-order valence-electron chi connectivity index (χ3n) is 4.22. The number of aryl methyl sites for hydroxylation is 1. The van der Waals surface area contributed by atoms with Gasteiger partial charge >= 0.3 is 0 Å². The van der Waals surface area contributed by atoms with Gasteiger partial charge in [0.25, 0.3) is 0 Å². The molecule has 3 aromatic rings. The SMILES string of the molecule is O=C(CCc1cc(F)ccc1F)Nc1nc(-c2ccc3c(c2)OCCO3)cs1. The molecule has 4 rings (SSSR count). The summed E-state index contributed by atoms with van der Waals surface area (Å²) in [6.07, 6.45) is 0.134. The molecule has 0 atom stereocenters. The summed E-state index contributed by atoms with van der Waals surface area (Å²) >= 11 is 1.29. The van der Waals surface area contributed by atoms with Gasteiger partial charge in [-0.05, 0) is 48.4 Å². The van der Waals surface area contributed by atoms with Crippen LogP contribution >= 0.6 is 11.3 Å². The van der Waals surface area contributed by atoms with E-state index in [0.717, 1.165) is 23.8 Å². The highest BCUT2D eigenvalue weighted by molar-refractivity contribution is 7.14. The minimum absolute atomic E-state index is 0.0271. The first-order valence-corrected chi connectivity index (χ1v) is 9.56. The van der Waals surface area contributed by atoms with Gasteiger partial charge in [0.05, 0.1) is 5.69 Å². The van der Waals surface area contributed by atoms with Gasteiger partial charge in [-0.1, -0.05) is 0 Å². The maximum Gasteiger partial charge on any atom is 0.226 e. The summed E-state index contributed by atoms with van der Waals surface area (Å²) in [5.74, 6) is -0.000302. The average molecular weight is 402 g/mol. The first kappa shape index (κ1) is 18.4. The van der Waals surface area contributed by atoms with Crippen molar-refractivity contribution in [1.29, 1.82) is 0 Å². The molecular formula is C20H16F2N2O3S. The van der Waals surface area contributed by atoms with E-state index in [9.17, 15) is 13.6 Å². The van der Waals surface area contributed by atoms with Crippen molar-refractivity contribution in [2.24, 2.45) is 0 Å². The van der Waals surface area contributed by atoms with Crippen LogP contribution < -0.4 is 14.8 Å². The smallest absolute Gasteiger partial charge is 0.226 e. The molecule has 0 aliphatic carbocycles. The summed E-state index contributed by atoms with van der Waals surface area (Å²) in [4.78, 5) is 16.5. The first-order chi connectivity index (χ1) is 13.6. The second-order valence-corrected chi connectivity index (χ2v) is 7.04. The zero-order valence-corrected chi connectivity index (χ0v) is 15.5. The summed E-state index contributed by atoms with van der Waals surface area (Å²) in [6.45, 7) is 1.03. The molecule has 2 heterocycles. The van der Waals surface area contributed by atoms with E-state index in [-0.39, 0.29) is 24.3 Å². The fourth-order valence-electron chi connectivity index (χ4n) is 2.83. The molecule has 2 aromatic carbocycles. The van der Waals surface area contributed by atoms with Crippen molar-refractivity contribution in [2.45, 2.75) is 12.8 Å². The number of hydrogen-bond donors (Lipinski definition) is 1. The standard InChI is InChI=1S/C20H16F2N2O3S/c21-14-3-4-15(22)12(9-14)2-6-19(25)24-20-23-16(11-28-20)13-1-5-17-18(10-13)27-8-7-26-17/h1,3-5,9-11H,2,6-8H2,(H,23,24,25). The van der Waals surface area contributed by atoms with E-state index in [0.29, 0.717) is 35.5 Å². The first-order valence-electron chi connectivity index (χ1n) is 8.68. The number of ether oxygens (including phenoxy) is 2. The predicted molar refractivity (Wildman–Crippen MR) is 102 cm³/mol. The molecule has 28 heavy (non-hydrogen) atoms. The highest BCUT2D eigenvalue weighted by Gasteiger charge is 2.15. The number of aromatic nitrogens is 1. The number of halogens is 2. The van der Waals surface area contributed by atoms with Crippen LogP contribution in [0.3, 0.4) is 0 Å². The van der Waals surface area contributed by atoms with Crippen LogP contribution in [0.1, 0.15) is 12.0 Å². The molecule has 1 aliphatic rings. The van der Waals surface area contributed by atoms with Gasteiger partial charge in [0, 0.05) is 17.4 Å². The molecule has 8 heteroatoms. The predicted octanol–water partition coefficient (Wildman–Crippen LogP) is 4.43. The van der Waals surface area contributed by atoms with Gasteiger partial charge in [0.2, 0.25) is 5.91 Å². The van der Waals surface area contributed by atoms with Crippen molar-refractivity contribution in [3.05, 3.63) is 59.0 Å². The topological polar surface area (TPSA) is 60.5 Å². The fraction of sp³-hybridized carbons (Fsp3) is 0.200. The Hall–Kier alpha value is -3.00. The molecule has 1 amide bonds. The molecule has 0 saturated carbocycles. The molecule has 1 aliphatic heterocycles. The summed E-state index contributed by atoms with van der Waals surface area (Å²) in [7, 11) is 0.